The summed E-state index contributed by atoms with van der Waals surface area (Å²) in [6.07, 6.45) is -0.133. The van der Waals surface area contributed by atoms with Crippen molar-refractivity contribution >= 4 is 35.5 Å². The molecule has 0 radical (unpaired) electrons. The van der Waals surface area contributed by atoms with Gasteiger partial charge in [-0.05, 0) is 23.7 Å². The van der Waals surface area contributed by atoms with Crippen LogP contribution in [0.1, 0.15) is 17.5 Å². The fourth-order valence-corrected chi connectivity index (χ4v) is 2.07. The Labute approximate surface area is 172 Å². The van der Waals surface area contributed by atoms with Gasteiger partial charge in [-0.25, -0.2) is 0 Å². The van der Waals surface area contributed by atoms with Crippen molar-refractivity contribution in [3.63, 3.8) is 0 Å². The average molecular weight is 590 g/mol. The number of halogens is 3. The Balaban J connectivity index is 0.00000312. The van der Waals surface area contributed by atoms with Crippen molar-refractivity contribution in [1.29, 1.82) is 5.41 Å². The molecule has 0 fully saturated rings. The van der Waals surface area contributed by atoms with Gasteiger partial charge in [-0.2, -0.15) is 13.2 Å². The van der Waals surface area contributed by atoms with E-state index in [-0.39, 0.29) is 67.5 Å². The molecular formula is C16H15F3N4O2U. The molecule has 1 amide bonds. The zero-order valence-corrected chi connectivity index (χ0v) is 17.8. The van der Waals surface area contributed by atoms with Crippen molar-refractivity contribution in [2.75, 3.05) is 11.1 Å². The van der Waals surface area contributed by atoms with Crippen molar-refractivity contribution in [3.8, 4) is 0 Å². The van der Waals surface area contributed by atoms with E-state index in [0.717, 1.165) is 12.3 Å². The quantitative estimate of drug-likeness (QED) is 0.285. The van der Waals surface area contributed by atoms with Crippen LogP contribution in [0.15, 0.2) is 29.3 Å². The molecule has 1 unspecified atom stereocenters. The van der Waals surface area contributed by atoms with Crippen molar-refractivity contribution in [3.05, 3.63) is 42.8 Å². The Morgan fingerprint density at radius 3 is 2.62 bits per heavy atom. The number of benzene rings is 1. The van der Waals surface area contributed by atoms with Crippen molar-refractivity contribution in [2.45, 2.75) is 18.6 Å². The van der Waals surface area contributed by atoms with E-state index in [0.29, 0.717) is 0 Å². The summed E-state index contributed by atoms with van der Waals surface area (Å²) in [6.45, 7) is 0. The van der Waals surface area contributed by atoms with Gasteiger partial charge in [-0.3, -0.25) is 9.79 Å². The maximum absolute atomic E-state index is 12.7. The van der Waals surface area contributed by atoms with Gasteiger partial charge >= 0.3 is 37.3 Å². The zero-order chi connectivity index (χ0) is 17.9. The maximum Gasteiger partial charge on any atom is 2.00 e. The van der Waals surface area contributed by atoms with E-state index < -0.39 is 23.8 Å². The van der Waals surface area contributed by atoms with Crippen LogP contribution in [0.5, 0.6) is 0 Å². The van der Waals surface area contributed by atoms with Gasteiger partial charge in [-0.1, -0.05) is 17.8 Å². The number of anilines is 2. The van der Waals surface area contributed by atoms with Gasteiger partial charge in [0, 0.05) is 6.21 Å². The van der Waals surface area contributed by atoms with E-state index in [9.17, 15) is 22.8 Å². The average Bonchev–Trinajstić information content (AvgIpc) is 2.55. The molecule has 0 aliphatic carbocycles. The third-order valence-electron chi connectivity index (χ3n) is 3.27. The number of dihydropyridines is 1. The molecule has 136 valence electrons. The summed E-state index contributed by atoms with van der Waals surface area (Å²) in [5, 5.41) is 9.55. The molecule has 0 spiro atoms. The molecule has 6 nitrogen and oxygen atoms in total. The zero-order valence-electron chi connectivity index (χ0n) is 13.6. The predicted molar refractivity (Wildman–Crippen MR) is 89.6 cm³/mol. The van der Waals surface area contributed by atoms with Gasteiger partial charge in [0.1, 0.15) is 11.8 Å². The Hall–Kier alpha value is -1.92. The van der Waals surface area contributed by atoms with Crippen LogP contribution in [-0.4, -0.2) is 36.3 Å². The number of hydrogen-bond donors (Lipinski definition) is 3. The second-order valence-electron chi connectivity index (χ2n) is 4.93. The molecule has 0 aromatic heterocycles. The molecule has 0 saturated carbocycles. The van der Waals surface area contributed by atoms with Crippen LogP contribution in [0.3, 0.4) is 0 Å². The molecule has 1 aromatic rings. The summed E-state index contributed by atoms with van der Waals surface area (Å²) in [5.41, 5.74) is 4.78. The molecule has 1 aliphatic rings. The van der Waals surface area contributed by atoms with E-state index in [1.54, 1.807) is 6.29 Å². The van der Waals surface area contributed by atoms with Gasteiger partial charge in [0.05, 0.1) is 6.29 Å². The number of amides is 1. The maximum atomic E-state index is 12.7. The minimum atomic E-state index is -4.65. The standard InChI is InChI=1S/C15H12F3N4O2.CH3.U/c16-15(17,18)13-3-1-2-11(21-13)14(24)22-12-5-8(6-19)10(20)4-9(12)7-23;;/h1,3-6,11,19H,2,20H2,(H,22,24);1H3;/q2*-1;+2. The number of nitrogen functional groups attached to an aromatic ring is 1. The van der Waals surface area contributed by atoms with Crippen LogP contribution in [-0.2, 0) is 9.59 Å². The molecule has 1 aliphatic heterocycles. The molecule has 26 heavy (non-hydrogen) atoms. The SMILES string of the molecule is N=Cc1cc(NC(=O)C2CC=CC(C(F)(F)F)=N2)c([C-]=O)cc1N.[CH3-].[U+2]. The monoisotopic (exact) mass is 590 g/mol. The number of alkyl halides is 3. The van der Waals surface area contributed by atoms with Gasteiger partial charge in [0.25, 0.3) is 0 Å². The Bertz CT molecular complexity index is 761. The third-order valence-corrected chi connectivity index (χ3v) is 3.27. The van der Waals surface area contributed by atoms with Crippen LogP contribution in [0.2, 0.25) is 0 Å². The molecule has 1 aromatic carbocycles. The van der Waals surface area contributed by atoms with Crippen LogP contribution in [0.25, 0.3) is 0 Å². The van der Waals surface area contributed by atoms with Crippen molar-refractivity contribution in [2.24, 2.45) is 4.99 Å². The molecule has 1 heterocycles. The van der Waals surface area contributed by atoms with Crippen LogP contribution in [0.4, 0.5) is 24.5 Å². The molecule has 2 rings (SSSR count). The first-order valence-electron chi connectivity index (χ1n) is 6.70. The van der Waals surface area contributed by atoms with E-state index in [2.05, 4.69) is 10.3 Å². The number of carbonyl (C=O) groups is 1. The minimum Gasteiger partial charge on any atom is -0.408 e. The fraction of sp³-hybridized carbons (Fsp3) is 0.188. The minimum absolute atomic E-state index is 0. The number of aliphatic imine (C=N–C) groups is 1. The van der Waals surface area contributed by atoms with Gasteiger partial charge < -0.3 is 28.7 Å². The van der Waals surface area contributed by atoms with Crippen LogP contribution >= 0.6 is 0 Å². The number of nitrogens with zero attached hydrogens (tertiary/aromatic N) is 1. The summed E-state index contributed by atoms with van der Waals surface area (Å²) >= 11 is 0. The van der Waals surface area contributed by atoms with Crippen molar-refractivity contribution < 1.29 is 53.9 Å². The molecule has 1 atom stereocenters. The summed E-state index contributed by atoms with van der Waals surface area (Å²) in [5.74, 6) is -0.807. The summed E-state index contributed by atoms with van der Waals surface area (Å²) in [4.78, 5) is 26.5. The van der Waals surface area contributed by atoms with Crippen LogP contribution < -0.4 is 11.1 Å². The Morgan fingerprint density at radius 1 is 1.42 bits per heavy atom. The van der Waals surface area contributed by atoms with Gasteiger partial charge in [0.2, 0.25) is 5.91 Å². The number of nitrogens with two attached hydrogens (primary N) is 1. The number of hydrogen-bond acceptors (Lipinski definition) is 5. The molecule has 4 N–H and O–H groups in total. The summed E-state index contributed by atoms with van der Waals surface area (Å²) < 4.78 is 38.0. The molecule has 10 heteroatoms. The number of allylic oxidation sites excluding steroid dienone is 1. The topological polar surface area (TPSA) is 108 Å². The third kappa shape index (κ3) is 5.54. The summed E-state index contributed by atoms with van der Waals surface area (Å²) in [7, 11) is 0. The fourth-order valence-electron chi connectivity index (χ4n) is 2.07. The largest absolute Gasteiger partial charge is 2.00 e. The number of rotatable bonds is 4. The smallest absolute Gasteiger partial charge is 0.408 e. The number of carbonyl (C=O) groups excluding carboxylic acids is 2. The molecule has 0 saturated heterocycles. The summed E-state index contributed by atoms with van der Waals surface area (Å²) in [6, 6.07) is 1.22. The first-order chi connectivity index (χ1) is 11.3. The van der Waals surface area contributed by atoms with Crippen LogP contribution in [0, 0.1) is 43.9 Å². The van der Waals surface area contributed by atoms with Gasteiger partial charge in [-0.15, -0.1) is 11.6 Å². The Kier molecular flexibility index (Phi) is 8.97. The normalized spacial score (nSPS) is 15.8. The molecule has 0 bridgehead atoms. The molecular weight excluding hydrogens is 575 g/mol. The predicted octanol–water partition coefficient (Wildman–Crippen LogP) is 2.44. The Morgan fingerprint density at radius 2 is 2.08 bits per heavy atom. The second-order valence-corrected chi connectivity index (χ2v) is 4.93. The van der Waals surface area contributed by atoms with E-state index >= 15 is 0 Å². The van der Waals surface area contributed by atoms with Gasteiger partial charge in [0.15, 0.2) is 0 Å². The second kappa shape index (κ2) is 9.69. The van der Waals surface area contributed by atoms with E-state index in [4.69, 9.17) is 11.1 Å². The first-order valence-corrected chi connectivity index (χ1v) is 6.70. The first kappa shape index (κ1) is 24.1. The van der Waals surface area contributed by atoms with E-state index in [1.165, 1.54) is 18.2 Å². The van der Waals surface area contributed by atoms with E-state index in [1.807, 2.05) is 0 Å². The van der Waals surface area contributed by atoms with Crippen molar-refractivity contribution in [1.82, 2.24) is 0 Å². The number of nitrogens with one attached hydrogen (secondary N) is 2.